The molecule has 0 amide bonds. The van der Waals surface area contributed by atoms with Gasteiger partial charge in [-0.2, -0.15) is 0 Å². The van der Waals surface area contributed by atoms with Crippen molar-refractivity contribution in [1.29, 1.82) is 0 Å². The molecule has 0 aliphatic rings. The summed E-state index contributed by atoms with van der Waals surface area (Å²) in [6.45, 7) is 2.65. The maximum atomic E-state index is 11.1. The summed E-state index contributed by atoms with van der Waals surface area (Å²) in [4.78, 5) is 11.1. The zero-order chi connectivity index (χ0) is 11.5. The van der Waals surface area contributed by atoms with Crippen LogP contribution in [0.25, 0.3) is 0 Å². The summed E-state index contributed by atoms with van der Waals surface area (Å²) in [6.07, 6.45) is 7.05. The largest absolute Gasteiger partial charge is 0.465 e. The monoisotopic (exact) mass is 254 g/mol. The van der Waals surface area contributed by atoms with Crippen LogP contribution in [-0.4, -0.2) is 23.8 Å². The number of esters is 1. The summed E-state index contributed by atoms with van der Waals surface area (Å²) in [5.74, 6) is -0.295. The molecule has 0 saturated heterocycles. The third-order valence-electron chi connectivity index (χ3n) is 2.13. The molecule has 4 heteroatoms. The van der Waals surface area contributed by atoms with Gasteiger partial charge in [0.05, 0.1) is 6.61 Å². The van der Waals surface area contributed by atoms with Gasteiger partial charge >= 0.3 is 5.97 Å². The van der Waals surface area contributed by atoms with Crippen molar-refractivity contribution in [3.63, 3.8) is 0 Å². The summed E-state index contributed by atoms with van der Waals surface area (Å²) in [6, 6.07) is 0. The first-order valence-electron chi connectivity index (χ1n) is 5.59. The van der Waals surface area contributed by atoms with Crippen LogP contribution in [0.1, 0.15) is 45.4 Å². The molecule has 0 rings (SSSR count). The average Bonchev–Trinajstić information content (AvgIpc) is 2.26. The lowest BCUT2D eigenvalue weighted by Crippen LogP contribution is -2.19. The highest BCUT2D eigenvalue weighted by Gasteiger charge is 2.14. The maximum absolute atomic E-state index is 11.1. The summed E-state index contributed by atoms with van der Waals surface area (Å²) < 4.78 is 4.95. The first kappa shape index (κ1) is 15.0. The van der Waals surface area contributed by atoms with Crippen LogP contribution in [0.15, 0.2) is 0 Å². The fraction of sp³-hybridized carbons (Fsp3) is 0.909. The molecule has 15 heavy (non-hydrogen) atoms. The predicted octanol–water partition coefficient (Wildman–Crippen LogP) is 3.74. The molecular weight excluding hydrogens is 235 g/mol. The summed E-state index contributed by atoms with van der Waals surface area (Å²) in [7, 11) is 0. The average molecular weight is 255 g/mol. The molecule has 0 aliphatic carbocycles. The Hall–Kier alpha value is 0.0500. The minimum absolute atomic E-state index is 0.108. The van der Waals surface area contributed by atoms with Crippen LogP contribution in [0, 0.1) is 0 Å². The number of alkyl halides is 2. The van der Waals surface area contributed by atoms with E-state index in [4.69, 9.17) is 27.9 Å². The van der Waals surface area contributed by atoms with Gasteiger partial charge in [-0.25, -0.2) is 0 Å². The Morgan fingerprint density at radius 3 is 2.40 bits per heavy atom. The molecular formula is C11H20Cl2O2. The Labute approximate surface area is 102 Å². The van der Waals surface area contributed by atoms with E-state index in [1.807, 2.05) is 0 Å². The van der Waals surface area contributed by atoms with E-state index in [1.165, 1.54) is 25.7 Å². The van der Waals surface area contributed by atoms with Crippen LogP contribution in [-0.2, 0) is 9.53 Å². The molecule has 1 unspecified atom stereocenters. The van der Waals surface area contributed by atoms with Gasteiger partial charge in [0.2, 0.25) is 0 Å². The second-order valence-corrected chi connectivity index (χ2v) is 4.39. The normalized spacial score (nSPS) is 12.5. The van der Waals surface area contributed by atoms with Gasteiger partial charge in [-0.05, 0) is 6.42 Å². The van der Waals surface area contributed by atoms with E-state index >= 15 is 0 Å². The van der Waals surface area contributed by atoms with Gasteiger partial charge in [0.1, 0.15) is 5.38 Å². The van der Waals surface area contributed by atoms with Crippen LogP contribution >= 0.6 is 23.2 Å². The highest BCUT2D eigenvalue weighted by Crippen LogP contribution is 2.06. The molecule has 0 spiro atoms. The number of carbonyl (C=O) groups is 1. The fourth-order valence-corrected chi connectivity index (χ4v) is 1.40. The molecule has 0 heterocycles. The highest BCUT2D eigenvalue weighted by atomic mass is 35.5. The zero-order valence-electron chi connectivity index (χ0n) is 9.31. The van der Waals surface area contributed by atoms with E-state index in [1.54, 1.807) is 0 Å². The molecule has 2 nitrogen and oxygen atoms in total. The van der Waals surface area contributed by atoms with Gasteiger partial charge in [-0.1, -0.05) is 39.0 Å². The van der Waals surface area contributed by atoms with Crippen molar-refractivity contribution >= 4 is 29.2 Å². The molecule has 0 fully saturated rings. The number of ether oxygens (including phenoxy) is 1. The van der Waals surface area contributed by atoms with Gasteiger partial charge in [0.15, 0.2) is 0 Å². The van der Waals surface area contributed by atoms with E-state index in [0.29, 0.717) is 6.61 Å². The van der Waals surface area contributed by atoms with E-state index in [9.17, 15) is 4.79 Å². The number of hydrogen-bond donors (Lipinski definition) is 0. The molecule has 0 saturated carbocycles. The molecule has 0 aliphatic heterocycles. The summed E-state index contributed by atoms with van der Waals surface area (Å²) >= 11 is 11.0. The SMILES string of the molecule is CCCCCCCCOC(=O)C(Cl)CCl. The van der Waals surface area contributed by atoms with Crippen LogP contribution in [0.2, 0.25) is 0 Å². The van der Waals surface area contributed by atoms with Gasteiger partial charge in [0, 0.05) is 5.88 Å². The molecule has 0 bridgehead atoms. The van der Waals surface area contributed by atoms with Crippen molar-refractivity contribution in [2.45, 2.75) is 50.8 Å². The number of hydrogen-bond acceptors (Lipinski definition) is 2. The van der Waals surface area contributed by atoms with Crippen molar-refractivity contribution in [2.75, 3.05) is 12.5 Å². The van der Waals surface area contributed by atoms with Crippen molar-refractivity contribution in [2.24, 2.45) is 0 Å². The van der Waals surface area contributed by atoms with Crippen molar-refractivity contribution in [3.8, 4) is 0 Å². The minimum atomic E-state index is -0.702. The van der Waals surface area contributed by atoms with E-state index < -0.39 is 11.3 Å². The first-order chi connectivity index (χ1) is 7.22. The Morgan fingerprint density at radius 1 is 1.20 bits per heavy atom. The van der Waals surface area contributed by atoms with E-state index in [-0.39, 0.29) is 5.88 Å². The quantitative estimate of drug-likeness (QED) is 0.356. The third kappa shape index (κ3) is 9.01. The van der Waals surface area contributed by atoms with Gasteiger partial charge in [-0.15, -0.1) is 23.2 Å². The Bertz CT molecular complexity index is 163. The Balaban J connectivity index is 3.20. The van der Waals surface area contributed by atoms with Crippen LogP contribution in [0.5, 0.6) is 0 Å². The van der Waals surface area contributed by atoms with Crippen molar-refractivity contribution in [3.05, 3.63) is 0 Å². The van der Waals surface area contributed by atoms with Crippen molar-refractivity contribution in [1.82, 2.24) is 0 Å². The van der Waals surface area contributed by atoms with Gasteiger partial charge in [-0.3, -0.25) is 4.79 Å². The van der Waals surface area contributed by atoms with Gasteiger partial charge < -0.3 is 4.74 Å². The lowest BCUT2D eigenvalue weighted by atomic mass is 10.1. The van der Waals surface area contributed by atoms with Crippen LogP contribution < -0.4 is 0 Å². The van der Waals surface area contributed by atoms with Crippen LogP contribution in [0.4, 0.5) is 0 Å². The maximum Gasteiger partial charge on any atom is 0.325 e. The zero-order valence-corrected chi connectivity index (χ0v) is 10.8. The molecule has 0 aromatic heterocycles. The number of rotatable bonds is 9. The number of carbonyl (C=O) groups excluding carboxylic acids is 1. The Morgan fingerprint density at radius 2 is 1.80 bits per heavy atom. The topological polar surface area (TPSA) is 26.3 Å². The second kappa shape index (κ2) is 10.6. The number of unbranched alkanes of at least 4 members (excludes halogenated alkanes) is 5. The second-order valence-electron chi connectivity index (χ2n) is 3.56. The molecule has 0 aromatic rings. The third-order valence-corrected chi connectivity index (χ3v) is 2.93. The summed E-state index contributed by atoms with van der Waals surface area (Å²) in [5, 5.41) is -0.702. The summed E-state index contributed by atoms with van der Waals surface area (Å²) in [5.41, 5.74) is 0. The Kier molecular flexibility index (Phi) is 10.6. The molecule has 90 valence electrons. The van der Waals surface area contributed by atoms with Crippen molar-refractivity contribution < 1.29 is 9.53 Å². The minimum Gasteiger partial charge on any atom is -0.465 e. The smallest absolute Gasteiger partial charge is 0.325 e. The number of halogens is 2. The standard InChI is InChI=1S/C11H20Cl2O2/c1-2-3-4-5-6-7-8-15-11(14)10(13)9-12/h10H,2-9H2,1H3. The lowest BCUT2D eigenvalue weighted by Gasteiger charge is -2.06. The molecule has 0 N–H and O–H groups in total. The van der Waals surface area contributed by atoms with Crippen LogP contribution in [0.3, 0.4) is 0 Å². The molecule has 1 atom stereocenters. The lowest BCUT2D eigenvalue weighted by molar-refractivity contribution is -0.142. The fourth-order valence-electron chi connectivity index (χ4n) is 1.21. The van der Waals surface area contributed by atoms with E-state index in [0.717, 1.165) is 12.8 Å². The van der Waals surface area contributed by atoms with Gasteiger partial charge in [0.25, 0.3) is 0 Å². The highest BCUT2D eigenvalue weighted by molar-refractivity contribution is 6.35. The van der Waals surface area contributed by atoms with E-state index in [2.05, 4.69) is 6.92 Å². The molecule has 0 aromatic carbocycles. The first-order valence-corrected chi connectivity index (χ1v) is 6.56. The molecule has 0 radical (unpaired) electrons. The predicted molar refractivity (Wildman–Crippen MR) is 64.7 cm³/mol.